The molecule has 0 unspecified atom stereocenters. The SMILES string of the molecule is Cc1cccc(-c2cc3n(n2)CCCN(C(=O)CN(C)S(=O)(=O)c2ccc4c(c2)oc(=O)n4C)C3)c1. The molecular formula is C25H27N5O5S. The van der Waals surface area contributed by atoms with Gasteiger partial charge in [-0.25, -0.2) is 13.2 Å². The Bertz CT molecular complexity index is 1630. The van der Waals surface area contributed by atoms with E-state index in [1.165, 1.54) is 29.8 Å². The summed E-state index contributed by atoms with van der Waals surface area (Å²) in [5.41, 5.74) is 4.59. The number of amides is 1. The smallest absolute Gasteiger partial charge is 0.408 e. The second-order valence-corrected chi connectivity index (χ2v) is 11.1. The fraction of sp³-hybridized carbons (Fsp3) is 0.320. The van der Waals surface area contributed by atoms with Gasteiger partial charge in [0.05, 0.1) is 34.9 Å². The van der Waals surface area contributed by atoms with Crippen molar-refractivity contribution in [2.24, 2.45) is 7.05 Å². The predicted molar refractivity (Wildman–Crippen MR) is 134 cm³/mol. The maximum atomic E-state index is 13.2. The van der Waals surface area contributed by atoms with Crippen molar-refractivity contribution in [2.45, 2.75) is 31.3 Å². The lowest BCUT2D eigenvalue weighted by Gasteiger charge is -2.23. The highest BCUT2D eigenvalue weighted by molar-refractivity contribution is 7.89. The third-order valence-corrected chi connectivity index (χ3v) is 8.31. The zero-order chi connectivity index (χ0) is 25.6. The number of nitrogens with zero attached hydrogens (tertiary/aromatic N) is 5. The van der Waals surface area contributed by atoms with Crippen LogP contribution in [0.1, 0.15) is 17.7 Å². The van der Waals surface area contributed by atoms with Crippen molar-refractivity contribution in [1.82, 2.24) is 23.6 Å². The Morgan fingerprint density at radius 2 is 1.94 bits per heavy atom. The lowest BCUT2D eigenvalue weighted by molar-refractivity contribution is -0.131. The normalized spacial score (nSPS) is 14.3. The van der Waals surface area contributed by atoms with Crippen molar-refractivity contribution in [3.05, 3.63) is 70.3 Å². The van der Waals surface area contributed by atoms with Crippen LogP contribution in [0.4, 0.5) is 0 Å². The van der Waals surface area contributed by atoms with Crippen LogP contribution in [0.2, 0.25) is 0 Å². The Kier molecular flexibility index (Phi) is 6.05. The van der Waals surface area contributed by atoms with E-state index in [0.29, 0.717) is 31.6 Å². The summed E-state index contributed by atoms with van der Waals surface area (Å²) in [6.45, 7) is 3.27. The average molecular weight is 510 g/mol. The second-order valence-electron chi connectivity index (χ2n) is 9.10. The van der Waals surface area contributed by atoms with Gasteiger partial charge in [-0.1, -0.05) is 23.8 Å². The summed E-state index contributed by atoms with van der Waals surface area (Å²) in [6, 6.07) is 14.3. The Morgan fingerprint density at radius 3 is 2.72 bits per heavy atom. The van der Waals surface area contributed by atoms with Gasteiger partial charge < -0.3 is 9.32 Å². The van der Waals surface area contributed by atoms with E-state index in [-0.39, 0.29) is 22.9 Å². The number of hydrogen-bond donors (Lipinski definition) is 0. The molecular weight excluding hydrogens is 482 g/mol. The van der Waals surface area contributed by atoms with Gasteiger partial charge in [0.15, 0.2) is 5.58 Å². The predicted octanol–water partition coefficient (Wildman–Crippen LogP) is 2.36. The van der Waals surface area contributed by atoms with Gasteiger partial charge in [-0.15, -0.1) is 0 Å². The van der Waals surface area contributed by atoms with Crippen LogP contribution in [-0.2, 0) is 35.0 Å². The van der Waals surface area contributed by atoms with Crippen molar-refractivity contribution < 1.29 is 17.6 Å². The first-order valence-corrected chi connectivity index (χ1v) is 13.0. The molecule has 1 aliphatic heterocycles. The van der Waals surface area contributed by atoms with Crippen LogP contribution in [0.3, 0.4) is 0 Å². The van der Waals surface area contributed by atoms with Gasteiger partial charge >= 0.3 is 5.76 Å². The molecule has 0 bridgehead atoms. The van der Waals surface area contributed by atoms with Gasteiger partial charge in [0.1, 0.15) is 0 Å². The number of benzene rings is 2. The Morgan fingerprint density at radius 1 is 1.14 bits per heavy atom. The van der Waals surface area contributed by atoms with Crippen LogP contribution in [0.25, 0.3) is 22.4 Å². The standard InChI is InChI=1S/C25H27N5O5S/c1-17-6-4-7-18(12-17)21-13-19-15-29(10-5-11-30(19)26-21)24(31)16-27(2)36(33,34)20-8-9-22-23(14-20)35-25(32)28(22)3/h4,6-9,12-14H,5,10-11,15-16H2,1-3H3. The summed E-state index contributed by atoms with van der Waals surface area (Å²) in [4.78, 5) is 26.5. The summed E-state index contributed by atoms with van der Waals surface area (Å²) in [7, 11) is -1.06. The van der Waals surface area contributed by atoms with Gasteiger partial charge in [0, 0.05) is 38.8 Å². The molecule has 1 aliphatic rings. The number of carbonyl (C=O) groups is 1. The maximum absolute atomic E-state index is 13.2. The highest BCUT2D eigenvalue weighted by Crippen LogP contribution is 2.24. The molecule has 4 aromatic rings. The monoisotopic (exact) mass is 509 g/mol. The molecule has 0 radical (unpaired) electrons. The molecule has 0 saturated heterocycles. The third-order valence-electron chi connectivity index (χ3n) is 6.51. The van der Waals surface area contributed by atoms with E-state index in [1.54, 1.807) is 11.9 Å². The van der Waals surface area contributed by atoms with E-state index < -0.39 is 15.8 Å². The minimum atomic E-state index is -3.98. The summed E-state index contributed by atoms with van der Waals surface area (Å²) < 4.78 is 35.7. The van der Waals surface area contributed by atoms with Crippen molar-refractivity contribution in [2.75, 3.05) is 20.1 Å². The van der Waals surface area contributed by atoms with Crippen LogP contribution in [0, 0.1) is 6.92 Å². The number of hydrogen-bond acceptors (Lipinski definition) is 6. The molecule has 0 atom stereocenters. The molecule has 0 spiro atoms. The first kappa shape index (κ1) is 24.0. The first-order chi connectivity index (χ1) is 17.1. The van der Waals surface area contributed by atoms with Crippen LogP contribution >= 0.6 is 0 Å². The Hall–Kier alpha value is -3.70. The topological polar surface area (TPSA) is 111 Å². The molecule has 10 nitrogen and oxygen atoms in total. The summed E-state index contributed by atoms with van der Waals surface area (Å²) in [6.07, 6.45) is 0.716. The Balaban J connectivity index is 1.33. The highest BCUT2D eigenvalue weighted by atomic mass is 32.2. The van der Waals surface area contributed by atoms with Crippen LogP contribution in [0.5, 0.6) is 0 Å². The molecule has 5 rings (SSSR count). The van der Waals surface area contributed by atoms with E-state index in [0.717, 1.165) is 26.8 Å². The largest absolute Gasteiger partial charge is 0.419 e. The van der Waals surface area contributed by atoms with E-state index in [9.17, 15) is 18.0 Å². The number of aryl methyl sites for hydroxylation is 3. The van der Waals surface area contributed by atoms with Crippen molar-refractivity contribution in [3.63, 3.8) is 0 Å². The second kappa shape index (κ2) is 9.07. The fourth-order valence-electron chi connectivity index (χ4n) is 4.45. The first-order valence-electron chi connectivity index (χ1n) is 11.6. The number of likely N-dealkylation sites (N-methyl/N-ethyl adjacent to an activating group) is 1. The summed E-state index contributed by atoms with van der Waals surface area (Å²) >= 11 is 0. The van der Waals surface area contributed by atoms with E-state index in [4.69, 9.17) is 9.52 Å². The summed E-state index contributed by atoms with van der Waals surface area (Å²) in [5.74, 6) is -0.866. The fourth-order valence-corrected chi connectivity index (χ4v) is 5.59. The van der Waals surface area contributed by atoms with Crippen LogP contribution < -0.4 is 5.76 Å². The highest BCUT2D eigenvalue weighted by Gasteiger charge is 2.28. The number of aromatic nitrogens is 3. The van der Waals surface area contributed by atoms with Crippen molar-refractivity contribution >= 4 is 27.0 Å². The van der Waals surface area contributed by atoms with Crippen molar-refractivity contribution in [1.29, 1.82) is 0 Å². The zero-order valence-electron chi connectivity index (χ0n) is 20.3. The van der Waals surface area contributed by atoms with Crippen LogP contribution in [-0.4, -0.2) is 58.0 Å². The van der Waals surface area contributed by atoms with Gasteiger partial charge in [0.25, 0.3) is 0 Å². The van der Waals surface area contributed by atoms with Crippen molar-refractivity contribution in [3.8, 4) is 11.3 Å². The molecule has 36 heavy (non-hydrogen) atoms. The molecule has 0 N–H and O–H groups in total. The molecule has 11 heteroatoms. The lowest BCUT2D eigenvalue weighted by atomic mass is 10.1. The van der Waals surface area contributed by atoms with E-state index in [2.05, 4.69) is 6.07 Å². The molecule has 2 aromatic heterocycles. The van der Waals surface area contributed by atoms with Gasteiger partial charge in [-0.3, -0.25) is 14.0 Å². The number of rotatable bonds is 5. The average Bonchev–Trinajstić information content (AvgIpc) is 3.30. The maximum Gasteiger partial charge on any atom is 0.419 e. The van der Waals surface area contributed by atoms with E-state index in [1.807, 2.05) is 35.9 Å². The lowest BCUT2D eigenvalue weighted by Crippen LogP contribution is -2.41. The quantitative estimate of drug-likeness (QED) is 0.408. The molecule has 1 amide bonds. The molecule has 3 heterocycles. The number of oxazole rings is 1. The number of sulfonamides is 1. The summed E-state index contributed by atoms with van der Waals surface area (Å²) in [5, 5.41) is 4.73. The van der Waals surface area contributed by atoms with Gasteiger partial charge in [-0.2, -0.15) is 9.40 Å². The van der Waals surface area contributed by atoms with Gasteiger partial charge in [0.2, 0.25) is 15.9 Å². The van der Waals surface area contributed by atoms with Crippen LogP contribution in [0.15, 0.2) is 62.6 Å². The molecule has 0 aliphatic carbocycles. The minimum absolute atomic E-state index is 0.0450. The van der Waals surface area contributed by atoms with E-state index >= 15 is 0 Å². The van der Waals surface area contributed by atoms with Gasteiger partial charge in [-0.05, 0) is 37.6 Å². The number of carbonyl (C=O) groups excluding carboxylic acids is 1. The molecule has 0 fully saturated rings. The Labute approximate surface area is 208 Å². The molecule has 0 saturated carbocycles. The number of fused-ring (bicyclic) bond motifs is 2. The molecule has 188 valence electrons. The zero-order valence-corrected chi connectivity index (χ0v) is 21.2. The third kappa shape index (κ3) is 4.35. The molecule has 2 aromatic carbocycles. The minimum Gasteiger partial charge on any atom is -0.408 e.